The molecule has 2 atom stereocenters. The smallest absolute Gasteiger partial charge is 0.156 e. The Morgan fingerprint density at radius 3 is 2.69 bits per heavy atom. The van der Waals surface area contributed by atoms with Gasteiger partial charge in [-0.2, -0.15) is 10.4 Å². The van der Waals surface area contributed by atoms with Crippen LogP contribution in [-0.2, 0) is 11.3 Å². The number of morpholine rings is 1. The minimum atomic E-state index is 0.370. The van der Waals surface area contributed by atoms with Gasteiger partial charge in [-0.3, -0.25) is 0 Å². The van der Waals surface area contributed by atoms with Gasteiger partial charge < -0.3 is 15.0 Å². The number of benzene rings is 2. The molecule has 3 saturated heterocycles. The van der Waals surface area contributed by atoms with Crippen molar-refractivity contribution in [2.24, 2.45) is 0 Å². The van der Waals surface area contributed by atoms with Crippen molar-refractivity contribution in [3.05, 3.63) is 58.8 Å². The molecule has 1 aromatic heterocycles. The van der Waals surface area contributed by atoms with E-state index >= 15 is 0 Å². The molecule has 2 unspecified atom stereocenters. The number of anilines is 2. The molecule has 146 valence electrons. The van der Waals surface area contributed by atoms with Crippen molar-refractivity contribution in [2.75, 3.05) is 23.3 Å². The molecular weight excluding hydrogens is 362 g/mol. The predicted molar refractivity (Wildman–Crippen MR) is 113 cm³/mol. The lowest BCUT2D eigenvalue weighted by atomic mass is 9.97. The van der Waals surface area contributed by atoms with Gasteiger partial charge in [0.25, 0.3) is 0 Å². The van der Waals surface area contributed by atoms with Crippen molar-refractivity contribution >= 4 is 22.3 Å². The zero-order valence-electron chi connectivity index (χ0n) is 16.6. The van der Waals surface area contributed by atoms with E-state index < -0.39 is 0 Å². The van der Waals surface area contributed by atoms with Gasteiger partial charge in [0.2, 0.25) is 0 Å². The van der Waals surface area contributed by atoms with Gasteiger partial charge in [0.1, 0.15) is 0 Å². The number of nitrogens with zero attached hydrogens (tertiary/aromatic N) is 4. The number of hydrogen-bond donors (Lipinski definition) is 1. The maximum atomic E-state index is 9.27. The highest BCUT2D eigenvalue weighted by molar-refractivity contribution is 5.95. The number of aromatic nitrogens is 2. The maximum Gasteiger partial charge on any atom is 0.156 e. The minimum absolute atomic E-state index is 0.370. The van der Waals surface area contributed by atoms with Crippen molar-refractivity contribution < 1.29 is 4.74 Å². The van der Waals surface area contributed by atoms with Crippen molar-refractivity contribution in [1.82, 2.24) is 10.2 Å². The van der Waals surface area contributed by atoms with Crippen LogP contribution >= 0.6 is 0 Å². The summed E-state index contributed by atoms with van der Waals surface area (Å²) < 4.78 is 5.78. The molecule has 3 aromatic rings. The Morgan fingerprint density at radius 2 is 1.93 bits per heavy atom. The van der Waals surface area contributed by atoms with Crippen LogP contribution in [0.5, 0.6) is 0 Å². The molecule has 2 aromatic carbocycles. The van der Waals surface area contributed by atoms with Gasteiger partial charge in [-0.1, -0.05) is 18.2 Å². The Balaban J connectivity index is 1.46. The lowest BCUT2D eigenvalue weighted by Gasteiger charge is -2.48. The number of nitriles is 1. The maximum absolute atomic E-state index is 9.27. The van der Waals surface area contributed by atoms with Crippen LogP contribution in [0.1, 0.15) is 28.8 Å². The molecule has 0 radical (unpaired) electrons. The van der Waals surface area contributed by atoms with E-state index in [2.05, 4.69) is 44.7 Å². The van der Waals surface area contributed by atoms with E-state index in [1.165, 1.54) is 12.1 Å². The van der Waals surface area contributed by atoms with E-state index in [0.29, 0.717) is 24.3 Å². The third kappa shape index (κ3) is 3.18. The lowest BCUT2D eigenvalue weighted by molar-refractivity contribution is -0.133. The van der Waals surface area contributed by atoms with E-state index in [1.54, 1.807) is 0 Å². The van der Waals surface area contributed by atoms with Gasteiger partial charge in [0, 0.05) is 42.5 Å². The first-order chi connectivity index (χ1) is 14.1. The van der Waals surface area contributed by atoms with Crippen molar-refractivity contribution in [1.29, 1.82) is 5.26 Å². The zero-order chi connectivity index (χ0) is 20.0. The second-order valence-corrected chi connectivity index (χ2v) is 7.94. The second-order valence-electron chi connectivity index (χ2n) is 7.94. The zero-order valence-corrected chi connectivity index (χ0v) is 16.6. The quantitative estimate of drug-likeness (QED) is 0.738. The molecule has 0 aliphatic carbocycles. The summed E-state index contributed by atoms with van der Waals surface area (Å²) in [5.41, 5.74) is 4.92. The Hall–Kier alpha value is -3.17. The van der Waals surface area contributed by atoms with E-state index in [-0.39, 0.29) is 0 Å². The van der Waals surface area contributed by atoms with Crippen LogP contribution in [0.15, 0.2) is 36.4 Å². The third-order valence-electron chi connectivity index (χ3n) is 6.08. The highest BCUT2D eigenvalue weighted by Gasteiger charge is 2.38. The fourth-order valence-corrected chi connectivity index (χ4v) is 4.35. The molecule has 0 amide bonds. The fraction of sp³-hybridized carbons (Fsp3) is 0.348. The summed E-state index contributed by atoms with van der Waals surface area (Å²) in [5.74, 6) is 0.771. The largest absolute Gasteiger partial charge is 0.371 e. The number of hydrogen-bond acceptors (Lipinski definition) is 6. The summed E-state index contributed by atoms with van der Waals surface area (Å²) in [4.78, 5) is 2.40. The van der Waals surface area contributed by atoms with Gasteiger partial charge in [-0.15, -0.1) is 5.10 Å². The second kappa shape index (κ2) is 7.02. The van der Waals surface area contributed by atoms with Gasteiger partial charge in [-0.25, -0.2) is 0 Å². The first-order valence-electron chi connectivity index (χ1n) is 10.0. The molecule has 6 nitrogen and oxygen atoms in total. The monoisotopic (exact) mass is 385 g/mol. The summed E-state index contributed by atoms with van der Waals surface area (Å²) in [6, 6.07) is 14.6. The number of rotatable bonds is 4. The highest BCUT2D eigenvalue weighted by Crippen LogP contribution is 2.34. The highest BCUT2D eigenvalue weighted by atomic mass is 16.5. The van der Waals surface area contributed by atoms with Gasteiger partial charge in [0.05, 0.1) is 29.5 Å². The van der Waals surface area contributed by atoms with Crippen LogP contribution < -0.4 is 10.2 Å². The molecule has 0 spiro atoms. The molecule has 3 aliphatic rings. The molecule has 1 N–H and O–H groups in total. The van der Waals surface area contributed by atoms with E-state index in [0.717, 1.165) is 46.5 Å². The molecule has 3 fully saturated rings. The lowest BCUT2D eigenvalue weighted by Crippen LogP contribution is -2.57. The van der Waals surface area contributed by atoms with Gasteiger partial charge in [0.15, 0.2) is 5.82 Å². The topological polar surface area (TPSA) is 74.1 Å². The number of ether oxygens (including phenoxy) is 1. The van der Waals surface area contributed by atoms with Crippen LogP contribution in [0, 0.1) is 25.2 Å². The van der Waals surface area contributed by atoms with Crippen LogP contribution in [0.25, 0.3) is 10.8 Å². The normalized spacial score (nSPS) is 20.2. The van der Waals surface area contributed by atoms with Gasteiger partial charge in [-0.05, 0) is 43.2 Å². The Bertz CT molecular complexity index is 1120. The Morgan fingerprint density at radius 1 is 1.14 bits per heavy atom. The third-order valence-corrected chi connectivity index (χ3v) is 6.08. The molecular formula is C23H23N5O. The van der Waals surface area contributed by atoms with Crippen molar-refractivity contribution in [2.45, 2.75) is 39.0 Å². The molecule has 2 bridgehead atoms. The fourth-order valence-electron chi connectivity index (χ4n) is 4.35. The van der Waals surface area contributed by atoms with E-state index in [4.69, 9.17) is 4.74 Å². The van der Waals surface area contributed by atoms with E-state index in [1.807, 2.05) is 32.0 Å². The van der Waals surface area contributed by atoms with Crippen LogP contribution in [-0.4, -0.2) is 35.5 Å². The summed E-state index contributed by atoms with van der Waals surface area (Å²) >= 11 is 0. The summed E-state index contributed by atoms with van der Waals surface area (Å²) in [6.07, 6.45) is 1.92. The molecule has 3 aliphatic heterocycles. The molecule has 0 saturated carbocycles. The molecule has 4 heterocycles. The summed E-state index contributed by atoms with van der Waals surface area (Å²) in [7, 11) is 0. The average molecular weight is 385 g/mol. The Kier molecular flexibility index (Phi) is 4.33. The Labute approximate surface area is 170 Å². The molecule has 29 heavy (non-hydrogen) atoms. The SMILES string of the molecule is Cc1c(C#N)cccc1CNc1nnc(C)c2ccc(N3CC4CC(C3)O4)cc12. The number of nitrogens with one attached hydrogen (secondary N) is 1. The number of piperidine rings is 1. The van der Waals surface area contributed by atoms with Gasteiger partial charge >= 0.3 is 0 Å². The van der Waals surface area contributed by atoms with Crippen molar-refractivity contribution in [3.63, 3.8) is 0 Å². The van der Waals surface area contributed by atoms with Crippen LogP contribution in [0.4, 0.5) is 11.5 Å². The molecule has 6 rings (SSSR count). The van der Waals surface area contributed by atoms with E-state index in [9.17, 15) is 5.26 Å². The summed E-state index contributed by atoms with van der Waals surface area (Å²) in [5, 5.41) is 23.7. The standard InChI is InChI=1S/C23H23N5O/c1-14-16(10-24)4-3-5-17(14)11-25-23-22-8-18(6-7-21(22)15(2)26-27-23)28-12-19-9-20(13-28)29-19/h3-8,19-20H,9,11-13H2,1-2H3,(H,25,27). The molecule has 6 heteroatoms. The number of fused-ring (bicyclic) bond motifs is 3. The minimum Gasteiger partial charge on any atom is -0.371 e. The number of aryl methyl sites for hydroxylation is 1. The average Bonchev–Trinajstić information content (AvgIpc) is 2.73. The predicted octanol–water partition coefficient (Wildman–Crippen LogP) is 3.71. The first kappa shape index (κ1) is 17.9. The van der Waals surface area contributed by atoms with Crippen LogP contribution in [0.3, 0.4) is 0 Å². The van der Waals surface area contributed by atoms with Crippen molar-refractivity contribution in [3.8, 4) is 6.07 Å². The first-order valence-corrected chi connectivity index (χ1v) is 10.0. The summed E-state index contributed by atoms with van der Waals surface area (Å²) in [6.45, 7) is 6.46. The van der Waals surface area contributed by atoms with Crippen LogP contribution in [0.2, 0.25) is 0 Å².